The van der Waals surface area contributed by atoms with Crippen LogP contribution in [0.1, 0.15) is 23.1 Å². The van der Waals surface area contributed by atoms with Gasteiger partial charge in [0.15, 0.2) is 0 Å². The van der Waals surface area contributed by atoms with Gasteiger partial charge in [-0.25, -0.2) is 0 Å². The molecule has 1 aromatic rings. The number of amides is 1. The molecular formula is C7H11N3O. The molecule has 0 aliphatic heterocycles. The van der Waals surface area contributed by atoms with Gasteiger partial charge in [0.2, 0.25) is 0 Å². The zero-order valence-electron chi connectivity index (χ0n) is 6.66. The van der Waals surface area contributed by atoms with Gasteiger partial charge in [-0.1, -0.05) is 0 Å². The van der Waals surface area contributed by atoms with Crippen LogP contribution in [-0.4, -0.2) is 15.7 Å². The van der Waals surface area contributed by atoms with Crippen molar-refractivity contribution in [1.29, 1.82) is 0 Å². The predicted molar refractivity (Wildman–Crippen MR) is 41.2 cm³/mol. The Labute approximate surface area is 65.0 Å². The van der Waals surface area contributed by atoms with E-state index in [1.807, 2.05) is 13.8 Å². The Morgan fingerprint density at radius 1 is 1.82 bits per heavy atom. The fourth-order valence-corrected chi connectivity index (χ4v) is 0.951. The van der Waals surface area contributed by atoms with Crippen LogP contribution in [0.2, 0.25) is 0 Å². The summed E-state index contributed by atoms with van der Waals surface area (Å²) in [5, 5.41) is 3.97. The fraction of sp³-hybridized carbons (Fsp3) is 0.429. The van der Waals surface area contributed by atoms with Gasteiger partial charge in [-0.15, -0.1) is 0 Å². The summed E-state index contributed by atoms with van der Waals surface area (Å²) in [6, 6.07) is 1.69. The maximum absolute atomic E-state index is 10.6. The number of aryl methyl sites for hydroxylation is 2. The molecule has 0 aliphatic carbocycles. The van der Waals surface area contributed by atoms with Crippen LogP contribution in [0.25, 0.3) is 0 Å². The van der Waals surface area contributed by atoms with Gasteiger partial charge in [-0.3, -0.25) is 9.48 Å². The Kier molecular flexibility index (Phi) is 1.94. The lowest BCUT2D eigenvalue weighted by atomic mass is 10.4. The molecule has 0 bridgehead atoms. The largest absolute Gasteiger partial charge is 0.364 e. The van der Waals surface area contributed by atoms with Crippen molar-refractivity contribution in [1.82, 2.24) is 9.78 Å². The smallest absolute Gasteiger partial charge is 0.269 e. The maximum atomic E-state index is 10.6. The number of hydrogen-bond donors (Lipinski definition) is 1. The summed E-state index contributed by atoms with van der Waals surface area (Å²) in [6.45, 7) is 4.62. The van der Waals surface area contributed by atoms with E-state index in [1.165, 1.54) is 0 Å². The summed E-state index contributed by atoms with van der Waals surface area (Å²) in [7, 11) is 0. The van der Waals surface area contributed by atoms with Crippen LogP contribution >= 0.6 is 0 Å². The standard InChI is InChI=1S/C7H11N3O/c1-3-10-5(2)4-6(9-10)7(8)11/h4H,3H2,1-2H3,(H2,8,11). The lowest BCUT2D eigenvalue weighted by Crippen LogP contribution is -2.12. The van der Waals surface area contributed by atoms with E-state index in [9.17, 15) is 4.79 Å². The van der Waals surface area contributed by atoms with Crippen LogP contribution in [0.5, 0.6) is 0 Å². The summed E-state index contributed by atoms with van der Waals surface area (Å²) < 4.78 is 1.74. The van der Waals surface area contributed by atoms with Crippen LogP contribution in [-0.2, 0) is 6.54 Å². The SMILES string of the molecule is CCn1nc(C(N)=O)cc1C. The molecule has 0 saturated carbocycles. The van der Waals surface area contributed by atoms with Crippen molar-refractivity contribution in [2.75, 3.05) is 0 Å². The zero-order valence-corrected chi connectivity index (χ0v) is 6.66. The molecule has 1 amide bonds. The second kappa shape index (κ2) is 2.74. The maximum Gasteiger partial charge on any atom is 0.269 e. The molecule has 4 heteroatoms. The van der Waals surface area contributed by atoms with Gasteiger partial charge in [0, 0.05) is 12.2 Å². The highest BCUT2D eigenvalue weighted by Gasteiger charge is 2.06. The molecule has 0 atom stereocenters. The Morgan fingerprint density at radius 3 is 2.73 bits per heavy atom. The van der Waals surface area contributed by atoms with E-state index in [4.69, 9.17) is 5.73 Å². The van der Waals surface area contributed by atoms with Crippen molar-refractivity contribution >= 4 is 5.91 Å². The Morgan fingerprint density at radius 2 is 2.45 bits per heavy atom. The second-order valence-electron chi connectivity index (χ2n) is 2.35. The second-order valence-corrected chi connectivity index (χ2v) is 2.35. The van der Waals surface area contributed by atoms with Crippen LogP contribution in [0, 0.1) is 6.92 Å². The van der Waals surface area contributed by atoms with Crippen molar-refractivity contribution in [2.24, 2.45) is 5.73 Å². The first kappa shape index (κ1) is 7.78. The molecule has 0 aromatic carbocycles. The quantitative estimate of drug-likeness (QED) is 0.664. The number of aromatic nitrogens is 2. The van der Waals surface area contributed by atoms with Crippen LogP contribution in [0.15, 0.2) is 6.07 Å². The molecule has 0 unspecified atom stereocenters. The summed E-state index contributed by atoms with van der Waals surface area (Å²) in [6.07, 6.45) is 0. The molecule has 0 saturated heterocycles. The Bertz CT molecular complexity index is 277. The number of carbonyl (C=O) groups is 1. The third kappa shape index (κ3) is 1.39. The third-order valence-electron chi connectivity index (χ3n) is 1.53. The summed E-state index contributed by atoms with van der Waals surface area (Å²) in [4.78, 5) is 10.6. The average Bonchev–Trinajstić information content (AvgIpc) is 2.31. The Hall–Kier alpha value is -1.32. The first-order valence-electron chi connectivity index (χ1n) is 3.49. The predicted octanol–water partition coefficient (Wildman–Crippen LogP) is 0.310. The van der Waals surface area contributed by atoms with E-state index in [1.54, 1.807) is 10.7 Å². The lowest BCUT2D eigenvalue weighted by molar-refractivity contribution is 0.0995. The van der Waals surface area contributed by atoms with Gasteiger partial charge in [-0.2, -0.15) is 5.10 Å². The molecule has 11 heavy (non-hydrogen) atoms. The summed E-state index contributed by atoms with van der Waals surface area (Å²) in [5.74, 6) is -0.472. The van der Waals surface area contributed by atoms with Crippen molar-refractivity contribution in [3.05, 3.63) is 17.5 Å². The van der Waals surface area contributed by atoms with Crippen LogP contribution < -0.4 is 5.73 Å². The molecule has 1 rings (SSSR count). The van der Waals surface area contributed by atoms with E-state index in [-0.39, 0.29) is 0 Å². The van der Waals surface area contributed by atoms with E-state index < -0.39 is 5.91 Å². The van der Waals surface area contributed by atoms with Gasteiger partial charge in [0.25, 0.3) is 5.91 Å². The molecule has 2 N–H and O–H groups in total. The van der Waals surface area contributed by atoms with Gasteiger partial charge >= 0.3 is 0 Å². The fourth-order valence-electron chi connectivity index (χ4n) is 0.951. The molecule has 1 heterocycles. The molecule has 0 fully saturated rings. The molecule has 0 radical (unpaired) electrons. The number of nitrogens with two attached hydrogens (primary N) is 1. The van der Waals surface area contributed by atoms with Gasteiger partial charge < -0.3 is 5.73 Å². The lowest BCUT2D eigenvalue weighted by Gasteiger charge is -1.95. The molecule has 0 spiro atoms. The third-order valence-corrected chi connectivity index (χ3v) is 1.53. The van der Waals surface area contributed by atoms with E-state index in [2.05, 4.69) is 5.10 Å². The van der Waals surface area contributed by atoms with Gasteiger partial charge in [0.1, 0.15) is 5.69 Å². The molecule has 1 aromatic heterocycles. The highest BCUT2D eigenvalue weighted by Crippen LogP contribution is 2.01. The van der Waals surface area contributed by atoms with Crippen molar-refractivity contribution < 1.29 is 4.79 Å². The van der Waals surface area contributed by atoms with Crippen molar-refractivity contribution in [2.45, 2.75) is 20.4 Å². The number of hydrogen-bond acceptors (Lipinski definition) is 2. The first-order valence-corrected chi connectivity index (χ1v) is 3.49. The summed E-state index contributed by atoms with van der Waals surface area (Å²) in [5.41, 5.74) is 6.33. The first-order chi connectivity index (χ1) is 5.15. The van der Waals surface area contributed by atoms with Crippen LogP contribution in [0.4, 0.5) is 0 Å². The van der Waals surface area contributed by atoms with Crippen molar-refractivity contribution in [3.8, 4) is 0 Å². The minimum absolute atomic E-state index is 0.337. The van der Waals surface area contributed by atoms with Gasteiger partial charge in [0.05, 0.1) is 0 Å². The molecule has 0 aliphatic rings. The topological polar surface area (TPSA) is 60.9 Å². The van der Waals surface area contributed by atoms with Gasteiger partial charge in [-0.05, 0) is 19.9 Å². The zero-order chi connectivity index (χ0) is 8.43. The minimum atomic E-state index is -0.472. The number of primary amides is 1. The molecule has 60 valence electrons. The molecular weight excluding hydrogens is 142 g/mol. The number of rotatable bonds is 2. The number of carbonyl (C=O) groups excluding carboxylic acids is 1. The average molecular weight is 153 g/mol. The normalized spacial score (nSPS) is 10.0. The minimum Gasteiger partial charge on any atom is -0.364 e. The van der Waals surface area contributed by atoms with E-state index in [0.717, 1.165) is 12.2 Å². The number of nitrogens with zero attached hydrogens (tertiary/aromatic N) is 2. The molecule has 4 nitrogen and oxygen atoms in total. The van der Waals surface area contributed by atoms with E-state index >= 15 is 0 Å². The van der Waals surface area contributed by atoms with Crippen molar-refractivity contribution in [3.63, 3.8) is 0 Å². The highest BCUT2D eigenvalue weighted by molar-refractivity contribution is 5.90. The van der Waals surface area contributed by atoms with Crippen LogP contribution in [0.3, 0.4) is 0 Å². The van der Waals surface area contributed by atoms with E-state index in [0.29, 0.717) is 5.69 Å². The highest BCUT2D eigenvalue weighted by atomic mass is 16.1. The Balaban J connectivity index is 3.05. The summed E-state index contributed by atoms with van der Waals surface area (Å²) >= 11 is 0. The monoisotopic (exact) mass is 153 g/mol.